The Labute approximate surface area is 268 Å². The molecule has 0 aliphatic rings. The van der Waals surface area contributed by atoms with Gasteiger partial charge in [-0.2, -0.15) is 0 Å². The molecule has 9 rings (SSSR count). The molecule has 0 aromatic heterocycles. The summed E-state index contributed by atoms with van der Waals surface area (Å²) >= 11 is 0. The maximum absolute atomic E-state index is 2.44. The van der Waals surface area contributed by atoms with Crippen LogP contribution in [-0.4, -0.2) is 0 Å². The predicted molar refractivity (Wildman–Crippen MR) is 198 cm³/mol. The van der Waals surface area contributed by atoms with Crippen LogP contribution in [0.5, 0.6) is 0 Å². The highest BCUT2D eigenvalue weighted by Gasteiger charge is 2.19. The zero-order valence-electron chi connectivity index (χ0n) is 25.3. The van der Waals surface area contributed by atoms with E-state index in [1.165, 1.54) is 87.6 Å². The second-order valence-corrected chi connectivity index (χ2v) is 12.0. The van der Waals surface area contributed by atoms with Crippen LogP contribution in [0.25, 0.3) is 87.6 Å². The Kier molecular flexibility index (Phi) is 6.25. The summed E-state index contributed by atoms with van der Waals surface area (Å²) in [6.07, 6.45) is 0. The minimum absolute atomic E-state index is 1.22. The third kappa shape index (κ3) is 4.23. The van der Waals surface area contributed by atoms with Gasteiger partial charge >= 0.3 is 0 Å². The van der Waals surface area contributed by atoms with E-state index in [-0.39, 0.29) is 0 Å². The van der Waals surface area contributed by atoms with Crippen molar-refractivity contribution in [3.63, 3.8) is 0 Å². The second-order valence-electron chi connectivity index (χ2n) is 12.0. The zero-order valence-corrected chi connectivity index (χ0v) is 25.3. The lowest BCUT2D eigenvalue weighted by Crippen LogP contribution is -1.93. The fraction of sp³-hybridized carbons (Fsp3) is 0. The van der Waals surface area contributed by atoms with E-state index in [4.69, 9.17) is 0 Å². The van der Waals surface area contributed by atoms with Gasteiger partial charge in [-0.3, -0.25) is 0 Å². The van der Waals surface area contributed by atoms with Gasteiger partial charge in [0.2, 0.25) is 0 Å². The third-order valence-corrected chi connectivity index (χ3v) is 9.45. The summed E-state index contributed by atoms with van der Waals surface area (Å²) in [7, 11) is 0. The van der Waals surface area contributed by atoms with Crippen LogP contribution < -0.4 is 0 Å². The number of rotatable bonds is 4. The van der Waals surface area contributed by atoms with Crippen molar-refractivity contribution in [3.05, 3.63) is 182 Å². The lowest BCUT2D eigenvalue weighted by atomic mass is 9.83. The highest BCUT2D eigenvalue weighted by atomic mass is 14.2. The van der Waals surface area contributed by atoms with Crippen molar-refractivity contribution in [2.75, 3.05) is 0 Å². The number of hydrogen-bond donors (Lipinski definition) is 0. The van der Waals surface area contributed by atoms with Gasteiger partial charge in [-0.1, -0.05) is 176 Å². The van der Waals surface area contributed by atoms with E-state index in [0.29, 0.717) is 0 Å². The van der Waals surface area contributed by atoms with Crippen LogP contribution in [-0.2, 0) is 0 Å². The molecule has 0 nitrogen and oxygen atoms in total. The van der Waals surface area contributed by atoms with Crippen molar-refractivity contribution in [1.29, 1.82) is 0 Å². The lowest BCUT2D eigenvalue weighted by molar-refractivity contribution is 1.63. The van der Waals surface area contributed by atoms with Gasteiger partial charge in [0.25, 0.3) is 0 Å². The maximum atomic E-state index is 2.44. The molecule has 0 N–H and O–H groups in total. The molecule has 0 radical (unpaired) electrons. The number of fused-ring (bicyclic) bond motifs is 4. The molecular formula is C46H30. The van der Waals surface area contributed by atoms with Crippen LogP contribution in [0.1, 0.15) is 0 Å². The summed E-state index contributed by atoms with van der Waals surface area (Å²) < 4.78 is 0. The smallest absolute Gasteiger partial charge is 0.00201 e. The van der Waals surface area contributed by atoms with Gasteiger partial charge in [0.15, 0.2) is 0 Å². The van der Waals surface area contributed by atoms with Crippen LogP contribution in [0.15, 0.2) is 182 Å². The number of hydrogen-bond acceptors (Lipinski definition) is 0. The Hall–Kier alpha value is -5.98. The van der Waals surface area contributed by atoms with Crippen molar-refractivity contribution in [2.45, 2.75) is 0 Å². The molecular weight excluding hydrogens is 553 g/mol. The first-order valence-electron chi connectivity index (χ1n) is 15.9. The molecule has 0 fully saturated rings. The maximum Gasteiger partial charge on any atom is -0.00201 e. The van der Waals surface area contributed by atoms with E-state index in [2.05, 4.69) is 182 Å². The molecule has 0 aliphatic carbocycles. The highest BCUT2D eigenvalue weighted by Crippen LogP contribution is 2.47. The van der Waals surface area contributed by atoms with Crippen LogP contribution in [0.3, 0.4) is 0 Å². The minimum atomic E-state index is 1.22. The molecule has 0 saturated heterocycles. The SMILES string of the molecule is c1ccc(-c2c3ccccc3c(-c3cccc4ccccc34)c3ccc(-c4cccc5cccc(-c6ccccc6)c45)cc23)cc1. The Morgan fingerprint density at radius 1 is 0.239 bits per heavy atom. The summed E-state index contributed by atoms with van der Waals surface area (Å²) in [5.74, 6) is 0. The van der Waals surface area contributed by atoms with Crippen LogP contribution >= 0.6 is 0 Å². The summed E-state index contributed by atoms with van der Waals surface area (Å²) in [4.78, 5) is 0. The average molecular weight is 583 g/mol. The van der Waals surface area contributed by atoms with E-state index >= 15 is 0 Å². The normalized spacial score (nSPS) is 11.5. The molecule has 0 bridgehead atoms. The van der Waals surface area contributed by atoms with E-state index in [9.17, 15) is 0 Å². The molecule has 9 aromatic carbocycles. The molecule has 0 amide bonds. The second kappa shape index (κ2) is 10.9. The van der Waals surface area contributed by atoms with E-state index in [0.717, 1.165) is 0 Å². The summed E-state index contributed by atoms with van der Waals surface area (Å²) in [5, 5.41) is 10.1. The molecule has 214 valence electrons. The van der Waals surface area contributed by atoms with Gasteiger partial charge in [-0.25, -0.2) is 0 Å². The highest BCUT2D eigenvalue weighted by molar-refractivity contribution is 6.24. The van der Waals surface area contributed by atoms with E-state index in [1.807, 2.05) is 0 Å². The molecule has 0 saturated carbocycles. The summed E-state index contributed by atoms with van der Waals surface area (Å²) in [6.45, 7) is 0. The largest absolute Gasteiger partial charge is 0.0622 e. The van der Waals surface area contributed by atoms with Gasteiger partial charge in [0, 0.05) is 0 Å². The Bertz CT molecular complexity index is 2550. The third-order valence-electron chi connectivity index (χ3n) is 9.45. The fourth-order valence-electron chi connectivity index (χ4n) is 7.44. The zero-order chi connectivity index (χ0) is 30.5. The van der Waals surface area contributed by atoms with Gasteiger partial charge in [-0.15, -0.1) is 0 Å². The lowest BCUT2D eigenvalue weighted by Gasteiger charge is -2.20. The van der Waals surface area contributed by atoms with Crippen molar-refractivity contribution in [2.24, 2.45) is 0 Å². The van der Waals surface area contributed by atoms with E-state index in [1.54, 1.807) is 0 Å². The topological polar surface area (TPSA) is 0 Å². The Morgan fingerprint density at radius 2 is 0.739 bits per heavy atom. The first kappa shape index (κ1) is 26.4. The summed E-state index contributed by atoms with van der Waals surface area (Å²) in [6, 6.07) is 66.5. The summed E-state index contributed by atoms with van der Waals surface area (Å²) in [5.41, 5.74) is 10.0. The monoisotopic (exact) mass is 582 g/mol. The minimum Gasteiger partial charge on any atom is -0.0622 e. The number of benzene rings is 9. The predicted octanol–water partition coefficient (Wildman–Crippen LogP) is 13.0. The van der Waals surface area contributed by atoms with Gasteiger partial charge < -0.3 is 0 Å². The Morgan fingerprint density at radius 3 is 1.46 bits per heavy atom. The molecule has 0 spiro atoms. The van der Waals surface area contributed by atoms with Crippen molar-refractivity contribution >= 4 is 43.1 Å². The first-order chi connectivity index (χ1) is 22.8. The first-order valence-corrected chi connectivity index (χ1v) is 15.9. The van der Waals surface area contributed by atoms with Crippen molar-refractivity contribution < 1.29 is 0 Å². The van der Waals surface area contributed by atoms with E-state index < -0.39 is 0 Å². The molecule has 0 heteroatoms. The van der Waals surface area contributed by atoms with Crippen molar-refractivity contribution in [3.8, 4) is 44.5 Å². The molecule has 0 heterocycles. The van der Waals surface area contributed by atoms with Gasteiger partial charge in [0.05, 0.1) is 0 Å². The van der Waals surface area contributed by atoms with Gasteiger partial charge in [-0.05, 0) is 93.7 Å². The Balaban J connectivity index is 1.42. The fourth-order valence-corrected chi connectivity index (χ4v) is 7.44. The van der Waals surface area contributed by atoms with Gasteiger partial charge in [0.1, 0.15) is 0 Å². The molecule has 0 aliphatic heterocycles. The molecule has 0 unspecified atom stereocenters. The van der Waals surface area contributed by atoms with Crippen LogP contribution in [0, 0.1) is 0 Å². The standard InChI is InChI=1S/C46H30/c1-3-14-32(15-4-1)37-25-12-20-34-21-13-26-38(44(34)37)35-28-29-42-43(30-35)45(33-17-5-2-6-18-33)40-23-9-10-24-41(40)46(42)39-27-11-19-31-16-7-8-22-36(31)39/h1-30H. The molecule has 0 atom stereocenters. The van der Waals surface area contributed by atoms with Crippen LogP contribution in [0.2, 0.25) is 0 Å². The van der Waals surface area contributed by atoms with Crippen molar-refractivity contribution in [1.82, 2.24) is 0 Å². The quantitative estimate of drug-likeness (QED) is 0.181. The van der Waals surface area contributed by atoms with Crippen LogP contribution in [0.4, 0.5) is 0 Å². The average Bonchev–Trinajstić information content (AvgIpc) is 3.13. The molecule has 9 aromatic rings. The molecule has 46 heavy (non-hydrogen) atoms.